The van der Waals surface area contributed by atoms with Crippen molar-refractivity contribution in [2.24, 2.45) is 5.73 Å². The van der Waals surface area contributed by atoms with Gasteiger partial charge in [-0.25, -0.2) is 4.98 Å². The molecule has 0 spiro atoms. The van der Waals surface area contributed by atoms with Crippen LogP contribution in [0.2, 0.25) is 5.15 Å². The monoisotopic (exact) mass is 190 g/mol. The van der Waals surface area contributed by atoms with Crippen LogP contribution in [-0.2, 0) is 0 Å². The Balaban J connectivity index is 2.81. The van der Waals surface area contributed by atoms with Gasteiger partial charge >= 0.3 is 0 Å². The van der Waals surface area contributed by atoms with E-state index in [4.69, 9.17) is 28.9 Å². The third-order valence-corrected chi connectivity index (χ3v) is 1.90. The van der Waals surface area contributed by atoms with Gasteiger partial charge in [-0.1, -0.05) is 17.7 Å². The topological polar surface area (TPSA) is 38.9 Å². The van der Waals surface area contributed by atoms with Crippen LogP contribution in [0.4, 0.5) is 0 Å². The average Bonchev–Trinajstić information content (AvgIpc) is 2.05. The van der Waals surface area contributed by atoms with Gasteiger partial charge in [-0.3, -0.25) is 0 Å². The summed E-state index contributed by atoms with van der Waals surface area (Å²) >= 11 is 11.1. The quantitative estimate of drug-likeness (QED) is 0.573. The zero-order valence-electron chi connectivity index (χ0n) is 5.80. The van der Waals surface area contributed by atoms with Crippen molar-refractivity contribution in [3.8, 4) is 0 Å². The van der Waals surface area contributed by atoms with E-state index in [0.29, 0.717) is 11.0 Å². The minimum atomic E-state index is -0.151. The molecule has 0 aliphatic carbocycles. The molecule has 60 valence electrons. The van der Waals surface area contributed by atoms with Gasteiger partial charge in [-0.05, 0) is 11.6 Å². The molecule has 0 aliphatic heterocycles. The normalized spacial score (nSPS) is 13.0. The molecule has 4 heteroatoms. The number of nitrogens with zero attached hydrogens (tertiary/aromatic N) is 1. The summed E-state index contributed by atoms with van der Waals surface area (Å²) in [7, 11) is 0. The molecular weight excluding hydrogens is 183 g/mol. The second-order valence-electron chi connectivity index (χ2n) is 2.18. The maximum absolute atomic E-state index is 5.63. The van der Waals surface area contributed by atoms with E-state index in [-0.39, 0.29) is 6.04 Å². The Bertz CT molecular complexity index is 222. The van der Waals surface area contributed by atoms with E-state index >= 15 is 0 Å². The molecule has 0 bridgehead atoms. The number of alkyl halides is 1. The first kappa shape index (κ1) is 8.78. The van der Waals surface area contributed by atoms with Gasteiger partial charge in [0.15, 0.2) is 0 Å². The van der Waals surface area contributed by atoms with Crippen LogP contribution in [0.15, 0.2) is 18.3 Å². The Morgan fingerprint density at radius 2 is 2.27 bits per heavy atom. The molecule has 0 aliphatic rings. The van der Waals surface area contributed by atoms with Crippen molar-refractivity contribution < 1.29 is 0 Å². The lowest BCUT2D eigenvalue weighted by molar-refractivity contribution is 0.820. The first-order valence-electron chi connectivity index (χ1n) is 3.17. The molecule has 0 radical (unpaired) electrons. The highest BCUT2D eigenvalue weighted by atomic mass is 35.5. The van der Waals surface area contributed by atoms with E-state index in [0.717, 1.165) is 5.56 Å². The van der Waals surface area contributed by atoms with Crippen molar-refractivity contribution in [2.45, 2.75) is 6.04 Å². The smallest absolute Gasteiger partial charge is 0.129 e. The fourth-order valence-corrected chi connectivity index (χ4v) is 0.986. The molecule has 1 rings (SSSR count). The van der Waals surface area contributed by atoms with Gasteiger partial charge in [0.1, 0.15) is 5.15 Å². The van der Waals surface area contributed by atoms with Crippen LogP contribution >= 0.6 is 23.2 Å². The molecule has 1 unspecified atom stereocenters. The van der Waals surface area contributed by atoms with Crippen LogP contribution in [0.25, 0.3) is 0 Å². The Hall–Kier alpha value is -0.310. The number of nitrogens with two attached hydrogens (primary N) is 1. The summed E-state index contributed by atoms with van der Waals surface area (Å²) in [4.78, 5) is 3.87. The van der Waals surface area contributed by atoms with Crippen LogP contribution in [0.5, 0.6) is 0 Å². The molecular formula is C7H8Cl2N2. The lowest BCUT2D eigenvalue weighted by Crippen LogP contribution is -2.11. The average molecular weight is 191 g/mol. The molecule has 0 fully saturated rings. The van der Waals surface area contributed by atoms with E-state index in [9.17, 15) is 0 Å². The maximum Gasteiger partial charge on any atom is 0.129 e. The number of halogens is 2. The molecule has 2 nitrogen and oxygen atoms in total. The SMILES string of the molecule is NC(CCl)c1ccc(Cl)nc1. The summed E-state index contributed by atoms with van der Waals surface area (Å²) in [5.41, 5.74) is 6.54. The fraction of sp³-hybridized carbons (Fsp3) is 0.286. The highest BCUT2D eigenvalue weighted by Crippen LogP contribution is 2.12. The van der Waals surface area contributed by atoms with Gasteiger partial charge in [-0.2, -0.15) is 0 Å². The summed E-state index contributed by atoms with van der Waals surface area (Å²) in [5.74, 6) is 0.392. The first-order chi connectivity index (χ1) is 5.24. The highest BCUT2D eigenvalue weighted by Gasteiger charge is 2.03. The molecule has 11 heavy (non-hydrogen) atoms. The number of hydrogen-bond acceptors (Lipinski definition) is 2. The van der Waals surface area contributed by atoms with Crippen molar-refractivity contribution in [2.75, 3.05) is 5.88 Å². The predicted molar refractivity (Wildman–Crippen MR) is 46.9 cm³/mol. The maximum atomic E-state index is 5.63. The molecule has 1 aromatic rings. The molecule has 2 N–H and O–H groups in total. The van der Waals surface area contributed by atoms with E-state index in [1.165, 1.54) is 0 Å². The standard InChI is InChI=1S/C7H8Cl2N2/c8-3-6(10)5-1-2-7(9)11-4-5/h1-2,4,6H,3,10H2. The van der Waals surface area contributed by atoms with Crippen LogP contribution in [0, 0.1) is 0 Å². The highest BCUT2D eigenvalue weighted by molar-refractivity contribution is 6.29. The second-order valence-corrected chi connectivity index (χ2v) is 2.87. The third-order valence-electron chi connectivity index (χ3n) is 1.34. The van der Waals surface area contributed by atoms with Gasteiger partial charge in [0.25, 0.3) is 0 Å². The summed E-state index contributed by atoms with van der Waals surface area (Å²) in [6.07, 6.45) is 1.63. The Morgan fingerprint density at radius 3 is 2.73 bits per heavy atom. The van der Waals surface area contributed by atoms with Crippen LogP contribution in [-0.4, -0.2) is 10.9 Å². The van der Waals surface area contributed by atoms with Crippen molar-refractivity contribution in [1.29, 1.82) is 0 Å². The van der Waals surface area contributed by atoms with Crippen LogP contribution < -0.4 is 5.73 Å². The molecule has 0 aromatic carbocycles. The van der Waals surface area contributed by atoms with E-state index in [2.05, 4.69) is 4.98 Å². The van der Waals surface area contributed by atoms with Gasteiger partial charge < -0.3 is 5.73 Å². The molecule has 1 heterocycles. The van der Waals surface area contributed by atoms with Crippen LogP contribution in [0.1, 0.15) is 11.6 Å². The molecule has 0 amide bonds. The zero-order valence-corrected chi connectivity index (χ0v) is 7.31. The second kappa shape index (κ2) is 3.90. The molecule has 0 saturated heterocycles. The number of hydrogen-bond donors (Lipinski definition) is 1. The summed E-state index contributed by atoms with van der Waals surface area (Å²) in [6.45, 7) is 0. The number of rotatable bonds is 2. The number of aromatic nitrogens is 1. The zero-order chi connectivity index (χ0) is 8.27. The van der Waals surface area contributed by atoms with Crippen LogP contribution in [0.3, 0.4) is 0 Å². The molecule has 1 atom stereocenters. The van der Waals surface area contributed by atoms with E-state index < -0.39 is 0 Å². The number of pyridine rings is 1. The van der Waals surface area contributed by atoms with E-state index in [1.54, 1.807) is 12.3 Å². The largest absolute Gasteiger partial charge is 0.323 e. The third kappa shape index (κ3) is 2.33. The lowest BCUT2D eigenvalue weighted by Gasteiger charge is -2.05. The minimum Gasteiger partial charge on any atom is -0.323 e. The molecule has 1 aromatic heterocycles. The van der Waals surface area contributed by atoms with Crippen molar-refractivity contribution in [3.63, 3.8) is 0 Å². The minimum absolute atomic E-state index is 0.151. The first-order valence-corrected chi connectivity index (χ1v) is 4.08. The van der Waals surface area contributed by atoms with Crippen molar-refractivity contribution in [3.05, 3.63) is 29.0 Å². The lowest BCUT2D eigenvalue weighted by atomic mass is 10.2. The summed E-state index contributed by atoms with van der Waals surface area (Å²) < 4.78 is 0. The Kier molecular flexibility index (Phi) is 3.12. The summed E-state index contributed by atoms with van der Waals surface area (Å²) in [5, 5.41) is 0.468. The van der Waals surface area contributed by atoms with Gasteiger partial charge in [0, 0.05) is 18.1 Å². The van der Waals surface area contributed by atoms with Crippen molar-refractivity contribution >= 4 is 23.2 Å². The predicted octanol–water partition coefficient (Wildman–Crippen LogP) is 1.97. The van der Waals surface area contributed by atoms with Gasteiger partial charge in [0.2, 0.25) is 0 Å². The Morgan fingerprint density at radius 1 is 1.55 bits per heavy atom. The Labute approximate surface area is 75.3 Å². The summed E-state index contributed by atoms with van der Waals surface area (Å²) in [6, 6.07) is 3.37. The van der Waals surface area contributed by atoms with Gasteiger partial charge in [0.05, 0.1) is 0 Å². The molecule has 0 saturated carbocycles. The van der Waals surface area contributed by atoms with Gasteiger partial charge in [-0.15, -0.1) is 11.6 Å². The fourth-order valence-electron chi connectivity index (χ4n) is 0.696. The van der Waals surface area contributed by atoms with E-state index in [1.807, 2.05) is 6.07 Å². The van der Waals surface area contributed by atoms with Crippen molar-refractivity contribution in [1.82, 2.24) is 4.98 Å².